The first-order chi connectivity index (χ1) is 8.24. The highest BCUT2D eigenvalue weighted by molar-refractivity contribution is 5.94. The Bertz CT molecular complexity index is 400. The first-order valence-electron chi connectivity index (χ1n) is 6.18. The van der Waals surface area contributed by atoms with Gasteiger partial charge in [-0.05, 0) is 25.8 Å². The third kappa shape index (κ3) is 2.40. The predicted octanol–water partition coefficient (Wildman–Crippen LogP) is 2.55. The lowest BCUT2D eigenvalue weighted by molar-refractivity contribution is 0.0697. The molecule has 1 aromatic heterocycles. The van der Waals surface area contributed by atoms with Crippen LogP contribution in [0.3, 0.4) is 0 Å². The van der Waals surface area contributed by atoms with E-state index in [0.717, 1.165) is 25.1 Å². The average Bonchev–Trinajstić information content (AvgIpc) is 2.84. The van der Waals surface area contributed by atoms with Gasteiger partial charge in [0, 0.05) is 18.8 Å². The highest BCUT2D eigenvalue weighted by Crippen LogP contribution is 2.29. The van der Waals surface area contributed by atoms with Crippen molar-refractivity contribution in [2.45, 2.75) is 38.6 Å². The first kappa shape index (κ1) is 11.9. The second-order valence-electron chi connectivity index (χ2n) is 4.42. The molecule has 0 spiro atoms. The predicted molar refractivity (Wildman–Crippen MR) is 66.5 cm³/mol. The molecule has 0 amide bonds. The quantitative estimate of drug-likeness (QED) is 0.869. The third-order valence-corrected chi connectivity index (χ3v) is 3.45. The van der Waals surface area contributed by atoms with Crippen LogP contribution in [0.4, 0.5) is 5.69 Å². The van der Waals surface area contributed by atoms with Gasteiger partial charge in [-0.1, -0.05) is 12.8 Å². The number of carbonyl (C=O) groups is 1. The van der Waals surface area contributed by atoms with Crippen LogP contribution in [0.15, 0.2) is 18.5 Å². The van der Waals surface area contributed by atoms with E-state index in [-0.39, 0.29) is 0 Å². The van der Waals surface area contributed by atoms with Crippen molar-refractivity contribution in [1.29, 1.82) is 0 Å². The summed E-state index contributed by atoms with van der Waals surface area (Å²) in [7, 11) is 0. The van der Waals surface area contributed by atoms with Crippen molar-refractivity contribution in [2.75, 3.05) is 11.4 Å². The molecule has 4 heteroatoms. The van der Waals surface area contributed by atoms with Gasteiger partial charge in [-0.2, -0.15) is 0 Å². The molecule has 1 aliphatic rings. The van der Waals surface area contributed by atoms with E-state index in [4.69, 9.17) is 0 Å². The fourth-order valence-corrected chi connectivity index (χ4v) is 2.64. The van der Waals surface area contributed by atoms with Crippen molar-refractivity contribution in [1.82, 2.24) is 4.98 Å². The Morgan fingerprint density at radius 3 is 2.82 bits per heavy atom. The van der Waals surface area contributed by atoms with E-state index in [1.165, 1.54) is 19.0 Å². The minimum Gasteiger partial charge on any atom is -0.478 e. The van der Waals surface area contributed by atoms with Gasteiger partial charge >= 0.3 is 5.97 Å². The van der Waals surface area contributed by atoms with Gasteiger partial charge in [0.2, 0.25) is 0 Å². The van der Waals surface area contributed by atoms with Crippen LogP contribution in [0.1, 0.15) is 43.0 Å². The summed E-state index contributed by atoms with van der Waals surface area (Å²) in [5.41, 5.74) is 1.11. The van der Waals surface area contributed by atoms with Crippen molar-refractivity contribution >= 4 is 11.7 Å². The Hall–Kier alpha value is -1.58. The Morgan fingerprint density at radius 1 is 1.53 bits per heavy atom. The molecule has 1 aliphatic carbocycles. The number of hydrogen-bond acceptors (Lipinski definition) is 3. The van der Waals surface area contributed by atoms with Crippen LogP contribution in [-0.4, -0.2) is 28.6 Å². The Labute approximate surface area is 101 Å². The number of aromatic carboxylic acids is 1. The summed E-state index contributed by atoms with van der Waals surface area (Å²) in [6, 6.07) is 2.05. The summed E-state index contributed by atoms with van der Waals surface area (Å²) in [6.45, 7) is 2.90. The van der Waals surface area contributed by atoms with E-state index in [1.54, 1.807) is 12.3 Å². The molecule has 1 aromatic rings. The SMILES string of the molecule is CCN(c1cnccc1C(=O)O)C1CCCC1. The molecule has 1 heterocycles. The summed E-state index contributed by atoms with van der Waals surface area (Å²) >= 11 is 0. The molecule has 1 N–H and O–H groups in total. The van der Waals surface area contributed by atoms with Crippen LogP contribution in [0.25, 0.3) is 0 Å². The van der Waals surface area contributed by atoms with Gasteiger partial charge in [-0.25, -0.2) is 4.79 Å². The maximum atomic E-state index is 11.2. The van der Waals surface area contributed by atoms with Crippen molar-refractivity contribution in [3.8, 4) is 0 Å². The Kier molecular flexibility index (Phi) is 3.61. The number of pyridine rings is 1. The van der Waals surface area contributed by atoms with Gasteiger partial charge in [-0.15, -0.1) is 0 Å². The molecule has 2 rings (SSSR count). The van der Waals surface area contributed by atoms with Crippen LogP contribution in [0.5, 0.6) is 0 Å². The Balaban J connectivity index is 2.32. The third-order valence-electron chi connectivity index (χ3n) is 3.45. The number of carboxylic acids is 1. The molecule has 0 radical (unpaired) electrons. The van der Waals surface area contributed by atoms with E-state index in [1.807, 2.05) is 0 Å². The van der Waals surface area contributed by atoms with Gasteiger partial charge < -0.3 is 10.0 Å². The molecular formula is C13H18N2O2. The van der Waals surface area contributed by atoms with Crippen molar-refractivity contribution in [3.05, 3.63) is 24.0 Å². The molecule has 17 heavy (non-hydrogen) atoms. The minimum absolute atomic E-state index is 0.355. The minimum atomic E-state index is -0.876. The Morgan fingerprint density at radius 2 is 2.24 bits per heavy atom. The summed E-state index contributed by atoms with van der Waals surface area (Å²) in [5.74, 6) is -0.876. The molecule has 1 fully saturated rings. The molecule has 0 aliphatic heterocycles. The molecule has 0 atom stereocenters. The molecule has 0 saturated heterocycles. The average molecular weight is 234 g/mol. The highest BCUT2D eigenvalue weighted by atomic mass is 16.4. The lowest BCUT2D eigenvalue weighted by Crippen LogP contribution is -2.34. The van der Waals surface area contributed by atoms with Crippen LogP contribution < -0.4 is 4.90 Å². The zero-order valence-electron chi connectivity index (χ0n) is 10.1. The van der Waals surface area contributed by atoms with Crippen molar-refractivity contribution in [2.24, 2.45) is 0 Å². The van der Waals surface area contributed by atoms with Gasteiger partial charge in [0.1, 0.15) is 0 Å². The fraction of sp³-hybridized carbons (Fsp3) is 0.538. The topological polar surface area (TPSA) is 53.4 Å². The number of aromatic nitrogens is 1. The molecular weight excluding hydrogens is 216 g/mol. The lowest BCUT2D eigenvalue weighted by Gasteiger charge is -2.30. The summed E-state index contributed by atoms with van der Waals surface area (Å²) in [6.07, 6.45) is 8.00. The van der Waals surface area contributed by atoms with Crippen LogP contribution >= 0.6 is 0 Å². The fourth-order valence-electron chi connectivity index (χ4n) is 2.64. The number of anilines is 1. The second kappa shape index (κ2) is 5.17. The molecule has 0 aromatic carbocycles. The maximum Gasteiger partial charge on any atom is 0.337 e. The molecule has 92 valence electrons. The summed E-state index contributed by atoms with van der Waals surface area (Å²) in [4.78, 5) is 17.4. The normalized spacial score (nSPS) is 16.1. The lowest BCUT2D eigenvalue weighted by atomic mass is 10.1. The van der Waals surface area contributed by atoms with Crippen LogP contribution in [0, 0.1) is 0 Å². The zero-order chi connectivity index (χ0) is 12.3. The van der Waals surface area contributed by atoms with E-state index in [0.29, 0.717) is 11.6 Å². The smallest absolute Gasteiger partial charge is 0.337 e. The summed E-state index contributed by atoms with van der Waals surface area (Å²) in [5, 5.41) is 9.20. The van der Waals surface area contributed by atoms with Crippen LogP contribution in [-0.2, 0) is 0 Å². The molecule has 0 bridgehead atoms. The standard InChI is InChI=1S/C13H18N2O2/c1-2-15(10-5-3-4-6-10)12-9-14-8-7-11(12)13(16)17/h7-10H,2-6H2,1H3,(H,16,17). The largest absolute Gasteiger partial charge is 0.478 e. The molecule has 4 nitrogen and oxygen atoms in total. The van der Waals surface area contributed by atoms with Crippen molar-refractivity contribution < 1.29 is 9.90 Å². The van der Waals surface area contributed by atoms with E-state index in [9.17, 15) is 9.90 Å². The van der Waals surface area contributed by atoms with Crippen LogP contribution in [0.2, 0.25) is 0 Å². The molecule has 1 saturated carbocycles. The van der Waals surface area contributed by atoms with Gasteiger partial charge in [0.15, 0.2) is 0 Å². The van der Waals surface area contributed by atoms with Crippen molar-refractivity contribution in [3.63, 3.8) is 0 Å². The summed E-state index contributed by atoms with van der Waals surface area (Å²) < 4.78 is 0. The zero-order valence-corrected chi connectivity index (χ0v) is 10.1. The highest BCUT2D eigenvalue weighted by Gasteiger charge is 2.24. The number of nitrogens with zero attached hydrogens (tertiary/aromatic N) is 2. The number of rotatable bonds is 4. The number of hydrogen-bond donors (Lipinski definition) is 1. The number of carboxylic acid groups (broad SMARTS) is 1. The van der Waals surface area contributed by atoms with Gasteiger partial charge in [-0.3, -0.25) is 4.98 Å². The van der Waals surface area contributed by atoms with Gasteiger partial charge in [0.05, 0.1) is 17.4 Å². The molecule has 0 unspecified atom stereocenters. The van der Waals surface area contributed by atoms with E-state index < -0.39 is 5.97 Å². The second-order valence-corrected chi connectivity index (χ2v) is 4.42. The van der Waals surface area contributed by atoms with E-state index in [2.05, 4.69) is 16.8 Å². The van der Waals surface area contributed by atoms with E-state index >= 15 is 0 Å². The maximum absolute atomic E-state index is 11.2. The first-order valence-corrected chi connectivity index (χ1v) is 6.18. The van der Waals surface area contributed by atoms with Gasteiger partial charge in [0.25, 0.3) is 0 Å². The monoisotopic (exact) mass is 234 g/mol.